The molecule has 1 aromatic carbocycles. The maximum absolute atomic E-state index is 6.28. The Morgan fingerprint density at radius 1 is 1.20 bits per heavy atom. The van der Waals surface area contributed by atoms with Crippen LogP contribution in [-0.2, 0) is 0 Å². The molecular formula is C15H21ClN2O2. The highest BCUT2D eigenvalue weighted by molar-refractivity contribution is 6.20. The fraction of sp³-hybridized carbons (Fsp3) is 0.533. The fourth-order valence-electron chi connectivity index (χ4n) is 2.37. The number of rotatable bonds is 5. The van der Waals surface area contributed by atoms with E-state index in [1.807, 2.05) is 19.1 Å². The van der Waals surface area contributed by atoms with Crippen LogP contribution in [0.25, 0.3) is 11.0 Å². The average Bonchev–Trinajstić information content (AvgIpc) is 2.83. The van der Waals surface area contributed by atoms with Crippen molar-refractivity contribution in [1.29, 1.82) is 0 Å². The number of imidazole rings is 1. The molecule has 0 aliphatic rings. The van der Waals surface area contributed by atoms with E-state index in [0.29, 0.717) is 17.5 Å². The molecule has 2 aromatic rings. The second kappa shape index (κ2) is 5.92. The molecule has 4 nitrogen and oxygen atoms in total. The highest BCUT2D eigenvalue weighted by Crippen LogP contribution is 2.36. The van der Waals surface area contributed by atoms with Crippen molar-refractivity contribution < 1.29 is 9.47 Å². The first-order valence-electron chi connectivity index (χ1n) is 6.81. The molecule has 0 amide bonds. The maximum atomic E-state index is 6.28. The minimum Gasteiger partial charge on any atom is -0.493 e. The van der Waals surface area contributed by atoms with Crippen LogP contribution in [0.4, 0.5) is 0 Å². The second-order valence-corrected chi connectivity index (χ2v) is 5.56. The average molecular weight is 297 g/mol. The van der Waals surface area contributed by atoms with Gasteiger partial charge in [-0.15, -0.1) is 11.6 Å². The molecular weight excluding hydrogens is 276 g/mol. The van der Waals surface area contributed by atoms with E-state index in [9.17, 15) is 0 Å². The summed E-state index contributed by atoms with van der Waals surface area (Å²) in [6, 6.07) is 4.20. The van der Waals surface area contributed by atoms with Crippen molar-refractivity contribution in [3.63, 3.8) is 0 Å². The molecule has 110 valence electrons. The number of hydrogen-bond acceptors (Lipinski definition) is 3. The normalized spacial score (nSPS) is 14.3. The van der Waals surface area contributed by atoms with Crippen LogP contribution in [0.2, 0.25) is 0 Å². The molecule has 0 bridgehead atoms. The number of ether oxygens (including phenoxy) is 2. The van der Waals surface area contributed by atoms with E-state index in [0.717, 1.165) is 23.3 Å². The number of methoxy groups -OCH3 is 2. The molecule has 0 fully saturated rings. The quantitative estimate of drug-likeness (QED) is 0.771. The van der Waals surface area contributed by atoms with Crippen molar-refractivity contribution in [3.8, 4) is 11.5 Å². The third kappa shape index (κ3) is 2.44. The third-order valence-corrected chi connectivity index (χ3v) is 3.80. The summed E-state index contributed by atoms with van der Waals surface area (Å²) in [4.78, 5) is 4.66. The summed E-state index contributed by atoms with van der Waals surface area (Å²) in [6.07, 6.45) is 1.01. The van der Waals surface area contributed by atoms with Crippen molar-refractivity contribution in [2.45, 2.75) is 38.6 Å². The molecule has 0 aliphatic heterocycles. The highest BCUT2D eigenvalue weighted by Gasteiger charge is 2.20. The Morgan fingerprint density at radius 3 is 2.30 bits per heavy atom. The van der Waals surface area contributed by atoms with Gasteiger partial charge in [-0.05, 0) is 20.3 Å². The first-order chi connectivity index (χ1) is 9.53. The highest BCUT2D eigenvalue weighted by atomic mass is 35.5. The summed E-state index contributed by atoms with van der Waals surface area (Å²) in [5.41, 5.74) is 1.91. The number of fused-ring (bicyclic) bond motifs is 1. The van der Waals surface area contributed by atoms with Gasteiger partial charge in [0.25, 0.3) is 0 Å². The molecule has 20 heavy (non-hydrogen) atoms. The van der Waals surface area contributed by atoms with Crippen molar-refractivity contribution in [2.24, 2.45) is 0 Å². The monoisotopic (exact) mass is 296 g/mol. The van der Waals surface area contributed by atoms with Crippen LogP contribution < -0.4 is 9.47 Å². The van der Waals surface area contributed by atoms with Crippen LogP contribution in [-0.4, -0.2) is 23.8 Å². The summed E-state index contributed by atoms with van der Waals surface area (Å²) in [7, 11) is 3.26. The van der Waals surface area contributed by atoms with Gasteiger partial charge in [-0.2, -0.15) is 0 Å². The largest absolute Gasteiger partial charge is 0.493 e. The third-order valence-electron chi connectivity index (χ3n) is 3.61. The van der Waals surface area contributed by atoms with Crippen LogP contribution in [0.15, 0.2) is 12.1 Å². The van der Waals surface area contributed by atoms with Crippen molar-refractivity contribution in [3.05, 3.63) is 18.0 Å². The number of aromatic nitrogens is 2. The lowest BCUT2D eigenvalue weighted by Gasteiger charge is -2.17. The Hall–Kier alpha value is -1.42. The van der Waals surface area contributed by atoms with Gasteiger partial charge in [0, 0.05) is 18.2 Å². The van der Waals surface area contributed by atoms with E-state index in [4.69, 9.17) is 21.1 Å². The van der Waals surface area contributed by atoms with Gasteiger partial charge < -0.3 is 14.0 Å². The maximum Gasteiger partial charge on any atom is 0.163 e. The van der Waals surface area contributed by atoms with E-state index in [1.165, 1.54) is 0 Å². The van der Waals surface area contributed by atoms with Gasteiger partial charge in [0.1, 0.15) is 5.82 Å². The Bertz CT molecular complexity index is 607. The lowest BCUT2D eigenvalue weighted by atomic mass is 10.2. The van der Waals surface area contributed by atoms with Crippen molar-refractivity contribution in [1.82, 2.24) is 9.55 Å². The molecule has 2 atom stereocenters. The smallest absolute Gasteiger partial charge is 0.163 e. The summed E-state index contributed by atoms with van der Waals surface area (Å²) in [6.45, 7) is 6.26. The predicted molar refractivity (Wildman–Crippen MR) is 82.1 cm³/mol. The van der Waals surface area contributed by atoms with Crippen LogP contribution in [0.1, 0.15) is 44.4 Å². The first kappa shape index (κ1) is 15.0. The summed E-state index contributed by atoms with van der Waals surface area (Å²) in [5, 5.41) is -0.145. The van der Waals surface area contributed by atoms with Gasteiger partial charge in [0.2, 0.25) is 0 Å². The number of alkyl halides is 1. The summed E-state index contributed by atoms with van der Waals surface area (Å²) >= 11 is 6.28. The molecule has 0 N–H and O–H groups in total. The number of halogens is 1. The molecule has 0 spiro atoms. The zero-order valence-corrected chi connectivity index (χ0v) is 13.4. The molecule has 5 heteroatoms. The SMILES string of the molecule is CCC(C)n1c(C(C)Cl)nc2cc(OC)c(OC)cc21. The van der Waals surface area contributed by atoms with Gasteiger partial charge in [0.05, 0.1) is 30.6 Å². The second-order valence-electron chi connectivity index (χ2n) is 4.91. The van der Waals surface area contributed by atoms with Gasteiger partial charge in [-0.25, -0.2) is 4.98 Å². The van der Waals surface area contributed by atoms with Gasteiger partial charge in [0.15, 0.2) is 11.5 Å². The van der Waals surface area contributed by atoms with Gasteiger partial charge in [-0.1, -0.05) is 6.92 Å². The van der Waals surface area contributed by atoms with Gasteiger partial charge in [-0.3, -0.25) is 0 Å². The summed E-state index contributed by atoms with van der Waals surface area (Å²) in [5.74, 6) is 2.27. The zero-order chi connectivity index (χ0) is 14.9. The van der Waals surface area contributed by atoms with Crippen molar-refractivity contribution >= 4 is 22.6 Å². The van der Waals surface area contributed by atoms with Gasteiger partial charge >= 0.3 is 0 Å². The zero-order valence-electron chi connectivity index (χ0n) is 12.6. The Labute approximate surface area is 124 Å². The Morgan fingerprint density at radius 2 is 1.80 bits per heavy atom. The fourth-order valence-corrected chi connectivity index (χ4v) is 2.52. The molecule has 1 aromatic heterocycles. The molecule has 0 saturated carbocycles. The van der Waals surface area contributed by atoms with Crippen LogP contribution in [0.3, 0.4) is 0 Å². The lowest BCUT2D eigenvalue weighted by Crippen LogP contribution is -2.09. The van der Waals surface area contributed by atoms with Crippen LogP contribution >= 0.6 is 11.6 Å². The van der Waals surface area contributed by atoms with E-state index in [-0.39, 0.29) is 5.38 Å². The molecule has 0 aliphatic carbocycles. The lowest BCUT2D eigenvalue weighted by molar-refractivity contribution is 0.355. The Balaban J connectivity index is 2.75. The van der Waals surface area contributed by atoms with E-state index in [2.05, 4.69) is 23.4 Å². The van der Waals surface area contributed by atoms with E-state index >= 15 is 0 Å². The van der Waals surface area contributed by atoms with E-state index in [1.54, 1.807) is 14.2 Å². The van der Waals surface area contributed by atoms with E-state index < -0.39 is 0 Å². The number of nitrogens with zero attached hydrogens (tertiary/aromatic N) is 2. The molecule has 2 rings (SSSR count). The standard InChI is InChI=1S/C15H21ClN2O2/c1-6-9(2)18-12-8-14(20-5)13(19-4)7-11(12)17-15(18)10(3)16/h7-10H,6H2,1-5H3. The molecule has 0 saturated heterocycles. The Kier molecular flexibility index (Phi) is 4.43. The first-order valence-corrected chi connectivity index (χ1v) is 7.25. The number of hydrogen-bond donors (Lipinski definition) is 0. The molecule has 2 unspecified atom stereocenters. The predicted octanol–water partition coefficient (Wildman–Crippen LogP) is 4.32. The van der Waals surface area contributed by atoms with Crippen molar-refractivity contribution in [2.75, 3.05) is 14.2 Å². The minimum atomic E-state index is -0.145. The minimum absolute atomic E-state index is 0.145. The summed E-state index contributed by atoms with van der Waals surface area (Å²) < 4.78 is 12.9. The van der Waals surface area contributed by atoms with Crippen LogP contribution in [0.5, 0.6) is 11.5 Å². The number of benzene rings is 1. The topological polar surface area (TPSA) is 36.3 Å². The molecule has 1 heterocycles. The molecule has 0 radical (unpaired) electrons. The van der Waals surface area contributed by atoms with Crippen LogP contribution in [0, 0.1) is 0 Å².